The number of rotatable bonds is 15. The van der Waals surface area contributed by atoms with E-state index in [4.69, 9.17) is 0 Å². The number of nitrogens with one attached hydrogen (secondary N) is 4. The van der Waals surface area contributed by atoms with Crippen molar-refractivity contribution in [2.75, 3.05) is 49.9 Å². The van der Waals surface area contributed by atoms with Crippen molar-refractivity contribution in [3.63, 3.8) is 0 Å². The lowest BCUT2D eigenvalue weighted by Crippen LogP contribution is -2.44. The molecule has 11 nitrogen and oxygen atoms in total. The summed E-state index contributed by atoms with van der Waals surface area (Å²) in [5.74, 6) is 2.14. The summed E-state index contributed by atoms with van der Waals surface area (Å²) in [7, 11) is 0. The van der Waals surface area contributed by atoms with Gasteiger partial charge in [0.25, 0.3) is 0 Å². The van der Waals surface area contributed by atoms with Gasteiger partial charge in [0, 0.05) is 43.8 Å². The number of piperidine rings is 1. The molecule has 0 spiro atoms. The summed E-state index contributed by atoms with van der Waals surface area (Å²) >= 11 is 0. The average molecular weight is 569 g/mol. The summed E-state index contributed by atoms with van der Waals surface area (Å²) in [6.07, 6.45) is 14.8. The Labute approximate surface area is 246 Å². The minimum Gasteiger partial charge on any atom is -0.370 e. The second-order valence-corrected chi connectivity index (χ2v) is 12.7. The zero-order valence-electron chi connectivity index (χ0n) is 25.5. The summed E-state index contributed by atoms with van der Waals surface area (Å²) in [5.41, 5.74) is 0.553. The number of aromatic nitrogens is 5. The predicted molar refractivity (Wildman–Crippen MR) is 164 cm³/mol. The van der Waals surface area contributed by atoms with Crippen molar-refractivity contribution >= 4 is 17.7 Å². The largest absolute Gasteiger partial charge is 0.370 e. The van der Waals surface area contributed by atoms with Crippen molar-refractivity contribution in [2.24, 2.45) is 11.3 Å². The van der Waals surface area contributed by atoms with Gasteiger partial charge in [0.05, 0.1) is 12.7 Å². The number of anilines is 2. The van der Waals surface area contributed by atoms with Gasteiger partial charge in [0.15, 0.2) is 0 Å². The molecule has 1 aliphatic carbocycles. The molecule has 41 heavy (non-hydrogen) atoms. The Balaban J connectivity index is 1.06. The molecule has 1 saturated carbocycles. The fraction of sp³-hybridized carbons (Fsp3) is 0.767. The quantitative estimate of drug-likeness (QED) is 0.238. The second kappa shape index (κ2) is 16.0. The SMILES string of the molecule is CC(C)(C)C(=O)N1CCC(CNc2ccnc(NCc3cn(CCCNCCCNC4CCCCC4)nn3)n2)CC1. The first-order valence-corrected chi connectivity index (χ1v) is 15.8. The number of carbonyl (C=O) groups is 1. The van der Waals surface area contributed by atoms with Crippen molar-refractivity contribution < 1.29 is 4.79 Å². The summed E-state index contributed by atoms with van der Waals surface area (Å²) in [6.45, 7) is 13.0. The van der Waals surface area contributed by atoms with Gasteiger partial charge in [0.2, 0.25) is 11.9 Å². The molecule has 0 bridgehead atoms. The minimum atomic E-state index is -0.313. The lowest BCUT2D eigenvalue weighted by Gasteiger charge is -2.35. The third kappa shape index (κ3) is 10.8. The molecule has 1 aliphatic heterocycles. The van der Waals surface area contributed by atoms with E-state index >= 15 is 0 Å². The summed E-state index contributed by atoms with van der Waals surface area (Å²) in [4.78, 5) is 23.5. The Kier molecular flexibility index (Phi) is 12.2. The first-order valence-electron chi connectivity index (χ1n) is 15.8. The predicted octanol–water partition coefficient (Wildman–Crippen LogP) is 3.67. The van der Waals surface area contributed by atoms with Crippen molar-refractivity contribution in [2.45, 2.75) is 97.7 Å². The standard InChI is InChI=1S/C30H52N10O/c1-30(2,3)28(41)39-19-12-24(13-20-39)21-34-27-11-17-33-29(36-27)35-22-26-23-40(38-37-26)18-8-15-31-14-7-16-32-25-9-5-4-6-10-25/h11,17,23-25,31-32H,4-10,12-16,18-22H2,1-3H3,(H2,33,34,35,36). The van der Waals surface area contributed by atoms with Crippen LogP contribution in [0.2, 0.25) is 0 Å². The smallest absolute Gasteiger partial charge is 0.227 e. The molecule has 0 aromatic carbocycles. The van der Waals surface area contributed by atoms with Crippen molar-refractivity contribution in [1.29, 1.82) is 0 Å². The third-order valence-corrected chi connectivity index (χ3v) is 8.09. The fourth-order valence-corrected chi connectivity index (χ4v) is 5.62. The molecule has 3 heterocycles. The zero-order valence-corrected chi connectivity index (χ0v) is 25.5. The van der Waals surface area contributed by atoms with Crippen LogP contribution in [-0.4, -0.2) is 81.1 Å². The highest BCUT2D eigenvalue weighted by Gasteiger charge is 2.30. The lowest BCUT2D eigenvalue weighted by molar-refractivity contribution is -0.140. The van der Waals surface area contributed by atoms with Crippen LogP contribution in [-0.2, 0) is 17.9 Å². The Hall–Kier alpha value is -2.79. The first kappa shape index (κ1) is 31.2. The normalized spacial score (nSPS) is 17.1. The molecule has 0 radical (unpaired) electrons. The Bertz CT molecular complexity index is 1040. The van der Waals surface area contributed by atoms with Gasteiger partial charge in [0.1, 0.15) is 11.5 Å². The van der Waals surface area contributed by atoms with Crippen LogP contribution < -0.4 is 21.3 Å². The monoisotopic (exact) mass is 568 g/mol. The highest BCUT2D eigenvalue weighted by Crippen LogP contribution is 2.24. The third-order valence-electron chi connectivity index (χ3n) is 8.09. The Morgan fingerprint density at radius 3 is 2.56 bits per heavy atom. The Morgan fingerprint density at radius 1 is 1.00 bits per heavy atom. The maximum absolute atomic E-state index is 12.5. The van der Waals surface area contributed by atoms with E-state index in [0.717, 1.165) is 82.6 Å². The lowest BCUT2D eigenvalue weighted by atomic mass is 9.91. The van der Waals surface area contributed by atoms with Crippen LogP contribution in [0.25, 0.3) is 0 Å². The number of amides is 1. The molecule has 1 saturated heterocycles. The van der Waals surface area contributed by atoms with Crippen LogP contribution in [0.3, 0.4) is 0 Å². The van der Waals surface area contributed by atoms with Crippen molar-refractivity contribution in [1.82, 2.24) is 40.5 Å². The maximum Gasteiger partial charge on any atom is 0.227 e. The molecule has 2 fully saturated rings. The van der Waals surface area contributed by atoms with E-state index in [1.807, 2.05) is 42.6 Å². The summed E-state index contributed by atoms with van der Waals surface area (Å²) in [6, 6.07) is 2.64. The first-order chi connectivity index (χ1) is 19.9. The number of nitrogens with zero attached hydrogens (tertiary/aromatic N) is 6. The number of likely N-dealkylation sites (tertiary alicyclic amines) is 1. The molecule has 4 rings (SSSR count). The second-order valence-electron chi connectivity index (χ2n) is 12.7. The van der Waals surface area contributed by atoms with Crippen molar-refractivity contribution in [3.8, 4) is 0 Å². The van der Waals surface area contributed by atoms with Gasteiger partial charge in [-0.05, 0) is 70.1 Å². The van der Waals surface area contributed by atoms with Crippen LogP contribution in [0.5, 0.6) is 0 Å². The topological polar surface area (TPSA) is 125 Å². The highest BCUT2D eigenvalue weighted by atomic mass is 16.2. The van der Waals surface area contributed by atoms with Crippen LogP contribution >= 0.6 is 0 Å². The fourth-order valence-electron chi connectivity index (χ4n) is 5.62. The summed E-state index contributed by atoms with van der Waals surface area (Å²) < 4.78 is 1.91. The molecule has 1 amide bonds. The minimum absolute atomic E-state index is 0.246. The highest BCUT2D eigenvalue weighted by molar-refractivity contribution is 5.81. The van der Waals surface area contributed by atoms with Gasteiger partial charge in [-0.2, -0.15) is 4.98 Å². The van der Waals surface area contributed by atoms with Crippen molar-refractivity contribution in [3.05, 3.63) is 24.2 Å². The van der Waals surface area contributed by atoms with Gasteiger partial charge in [-0.15, -0.1) is 5.10 Å². The summed E-state index contributed by atoms with van der Waals surface area (Å²) in [5, 5.41) is 22.5. The van der Waals surface area contributed by atoms with Gasteiger partial charge in [-0.1, -0.05) is 45.2 Å². The zero-order chi connectivity index (χ0) is 28.9. The molecule has 2 aromatic heterocycles. The van der Waals surface area contributed by atoms with Crippen LogP contribution in [0.15, 0.2) is 18.5 Å². The number of aryl methyl sites for hydroxylation is 1. The van der Waals surface area contributed by atoms with E-state index in [1.54, 1.807) is 6.20 Å². The van der Waals surface area contributed by atoms with E-state index in [9.17, 15) is 4.79 Å². The molecule has 2 aliphatic rings. The van der Waals surface area contributed by atoms with Gasteiger partial charge >= 0.3 is 0 Å². The molecule has 228 valence electrons. The Morgan fingerprint density at radius 2 is 1.78 bits per heavy atom. The van der Waals surface area contributed by atoms with E-state index in [1.165, 1.54) is 38.5 Å². The van der Waals surface area contributed by atoms with Crippen LogP contribution in [0.1, 0.15) is 84.3 Å². The molecule has 2 aromatic rings. The maximum atomic E-state index is 12.5. The average Bonchev–Trinajstić information content (AvgIpc) is 3.44. The number of hydrogen-bond acceptors (Lipinski definition) is 9. The molecule has 0 unspecified atom stereocenters. The molecule has 11 heteroatoms. The number of hydrogen-bond donors (Lipinski definition) is 4. The molecular formula is C30H52N10O. The van der Waals surface area contributed by atoms with Crippen LogP contribution in [0.4, 0.5) is 11.8 Å². The van der Waals surface area contributed by atoms with Gasteiger partial charge < -0.3 is 26.2 Å². The van der Waals surface area contributed by atoms with E-state index in [-0.39, 0.29) is 11.3 Å². The van der Waals surface area contributed by atoms with E-state index < -0.39 is 0 Å². The van der Waals surface area contributed by atoms with E-state index in [2.05, 4.69) is 41.5 Å². The molecule has 4 N–H and O–H groups in total. The van der Waals surface area contributed by atoms with Gasteiger partial charge in [-0.25, -0.2) is 4.98 Å². The molecule has 0 atom stereocenters. The molecular weight excluding hydrogens is 516 g/mol. The van der Waals surface area contributed by atoms with E-state index in [0.29, 0.717) is 18.4 Å². The van der Waals surface area contributed by atoms with Gasteiger partial charge in [-0.3, -0.25) is 9.48 Å². The van der Waals surface area contributed by atoms with Crippen LogP contribution in [0, 0.1) is 11.3 Å². The number of carbonyl (C=O) groups excluding carboxylic acids is 1.